The van der Waals surface area contributed by atoms with Gasteiger partial charge in [-0.1, -0.05) is 19.1 Å². The molecule has 1 saturated heterocycles. The molecular weight excluding hydrogens is 477 g/mol. The van der Waals surface area contributed by atoms with E-state index in [1.807, 2.05) is 18.2 Å². The van der Waals surface area contributed by atoms with E-state index in [1.165, 1.54) is 38.9 Å². The van der Waals surface area contributed by atoms with Gasteiger partial charge in [-0.3, -0.25) is 9.79 Å². The number of rotatable bonds is 9. The van der Waals surface area contributed by atoms with Gasteiger partial charge in [0.25, 0.3) is 5.91 Å². The molecule has 3 N–H and O–H groups in total. The maximum atomic E-state index is 11.8. The Morgan fingerprint density at radius 3 is 2.62 bits per heavy atom. The second kappa shape index (κ2) is 14.6. The number of carbonyl (C=O) groups is 1. The van der Waals surface area contributed by atoms with E-state index >= 15 is 0 Å². The number of benzene rings is 1. The van der Waals surface area contributed by atoms with Crippen LogP contribution >= 0.6 is 24.0 Å². The fourth-order valence-corrected chi connectivity index (χ4v) is 3.61. The Hall–Kier alpha value is -1.35. The number of amides is 1. The van der Waals surface area contributed by atoms with Gasteiger partial charge in [-0.05, 0) is 75.9 Å². The van der Waals surface area contributed by atoms with Crippen LogP contribution in [0.4, 0.5) is 0 Å². The molecule has 164 valence electrons. The highest BCUT2D eigenvalue weighted by molar-refractivity contribution is 14.0. The van der Waals surface area contributed by atoms with Gasteiger partial charge in [0, 0.05) is 32.2 Å². The molecule has 2 rings (SSSR count). The number of carbonyl (C=O) groups excluding carboxylic acids is 1. The molecule has 1 amide bonds. The van der Waals surface area contributed by atoms with Crippen LogP contribution in [-0.2, 0) is 6.42 Å². The molecule has 0 saturated carbocycles. The van der Waals surface area contributed by atoms with Crippen LogP contribution in [-0.4, -0.2) is 63.1 Å². The minimum absolute atomic E-state index is 0. The van der Waals surface area contributed by atoms with Gasteiger partial charge in [0.05, 0.1) is 0 Å². The van der Waals surface area contributed by atoms with E-state index in [2.05, 4.69) is 40.8 Å². The number of hydrogen-bond donors (Lipinski definition) is 3. The zero-order valence-corrected chi connectivity index (χ0v) is 20.5. The molecule has 0 atom stereocenters. The minimum atomic E-state index is -0.0466. The van der Waals surface area contributed by atoms with E-state index < -0.39 is 0 Å². The highest BCUT2D eigenvalue weighted by Gasteiger charge is 2.18. The number of aliphatic imine (C=N–C) groups is 1. The standard InChI is InChI=1S/C22H37N5O.HI/c1-4-13-27-14-10-19(11-15-27)17-26-22(24-5-2)25-12-9-18-7-6-8-20(16-18)21(28)23-3;/h6-8,16,19H,4-5,9-15,17H2,1-3H3,(H,23,28)(H2,24,25,26);1H. The highest BCUT2D eigenvalue weighted by Crippen LogP contribution is 2.17. The topological polar surface area (TPSA) is 68.8 Å². The third-order valence-electron chi connectivity index (χ3n) is 5.22. The first-order valence-electron chi connectivity index (χ1n) is 10.7. The Morgan fingerprint density at radius 1 is 1.21 bits per heavy atom. The van der Waals surface area contributed by atoms with Crippen molar-refractivity contribution in [3.8, 4) is 0 Å². The Balaban J connectivity index is 0.00000420. The zero-order chi connectivity index (χ0) is 20.2. The molecule has 0 aromatic heterocycles. The van der Waals surface area contributed by atoms with Crippen LogP contribution in [0.2, 0.25) is 0 Å². The number of likely N-dealkylation sites (tertiary alicyclic amines) is 1. The minimum Gasteiger partial charge on any atom is -0.357 e. The Bertz CT molecular complexity index is 629. The normalized spacial score (nSPS) is 15.5. The lowest BCUT2D eigenvalue weighted by molar-refractivity contribution is 0.0963. The number of nitrogens with zero attached hydrogens (tertiary/aromatic N) is 2. The molecule has 0 aliphatic carbocycles. The van der Waals surface area contributed by atoms with Gasteiger partial charge in [0.15, 0.2) is 5.96 Å². The monoisotopic (exact) mass is 515 g/mol. The molecule has 0 spiro atoms. The second-order valence-electron chi connectivity index (χ2n) is 7.46. The molecular formula is C22H38IN5O. The summed E-state index contributed by atoms with van der Waals surface area (Å²) in [4.78, 5) is 19.1. The summed E-state index contributed by atoms with van der Waals surface area (Å²) in [5.74, 6) is 1.53. The summed E-state index contributed by atoms with van der Waals surface area (Å²) in [5.41, 5.74) is 1.85. The smallest absolute Gasteiger partial charge is 0.251 e. The van der Waals surface area contributed by atoms with E-state index in [9.17, 15) is 4.79 Å². The fourth-order valence-electron chi connectivity index (χ4n) is 3.61. The summed E-state index contributed by atoms with van der Waals surface area (Å²) in [6, 6.07) is 7.79. The summed E-state index contributed by atoms with van der Waals surface area (Å²) in [6.07, 6.45) is 4.58. The number of hydrogen-bond acceptors (Lipinski definition) is 3. The summed E-state index contributed by atoms with van der Waals surface area (Å²) in [5, 5.41) is 9.44. The first kappa shape index (κ1) is 25.7. The van der Waals surface area contributed by atoms with Gasteiger partial charge in [-0.15, -0.1) is 24.0 Å². The molecule has 1 heterocycles. The Labute approximate surface area is 193 Å². The maximum absolute atomic E-state index is 11.8. The molecule has 6 nitrogen and oxygen atoms in total. The molecule has 1 fully saturated rings. The molecule has 0 unspecified atom stereocenters. The lowest BCUT2D eigenvalue weighted by atomic mass is 9.97. The molecule has 1 aromatic carbocycles. The number of halogens is 1. The molecule has 1 aromatic rings. The Morgan fingerprint density at radius 2 is 1.97 bits per heavy atom. The summed E-state index contributed by atoms with van der Waals surface area (Å²) in [6.45, 7) is 10.5. The van der Waals surface area contributed by atoms with E-state index in [1.54, 1.807) is 7.05 Å². The zero-order valence-electron chi connectivity index (χ0n) is 18.2. The SMILES string of the molecule is CCCN1CCC(CN=C(NCC)NCCc2cccc(C(=O)NC)c2)CC1.I. The largest absolute Gasteiger partial charge is 0.357 e. The van der Waals surface area contributed by atoms with E-state index in [-0.39, 0.29) is 29.9 Å². The average molecular weight is 515 g/mol. The molecule has 29 heavy (non-hydrogen) atoms. The van der Waals surface area contributed by atoms with Crippen LogP contribution in [0, 0.1) is 5.92 Å². The van der Waals surface area contributed by atoms with Crippen molar-refractivity contribution < 1.29 is 4.79 Å². The first-order valence-corrected chi connectivity index (χ1v) is 10.7. The summed E-state index contributed by atoms with van der Waals surface area (Å²) < 4.78 is 0. The van der Waals surface area contributed by atoms with Gasteiger partial charge >= 0.3 is 0 Å². The van der Waals surface area contributed by atoms with Gasteiger partial charge < -0.3 is 20.9 Å². The van der Waals surface area contributed by atoms with Crippen LogP contribution in [0.1, 0.15) is 49.0 Å². The van der Waals surface area contributed by atoms with E-state index in [0.717, 1.165) is 37.6 Å². The van der Waals surface area contributed by atoms with Crippen molar-refractivity contribution in [1.82, 2.24) is 20.9 Å². The van der Waals surface area contributed by atoms with Crippen LogP contribution in [0.15, 0.2) is 29.3 Å². The maximum Gasteiger partial charge on any atom is 0.251 e. The quantitative estimate of drug-likeness (QED) is 0.269. The molecule has 1 aliphatic rings. The van der Waals surface area contributed by atoms with Crippen molar-refractivity contribution in [3.63, 3.8) is 0 Å². The number of nitrogens with one attached hydrogen (secondary N) is 3. The van der Waals surface area contributed by atoms with Crippen molar-refractivity contribution in [2.75, 3.05) is 46.3 Å². The fraction of sp³-hybridized carbons (Fsp3) is 0.636. The van der Waals surface area contributed by atoms with Crippen molar-refractivity contribution in [2.45, 2.75) is 39.5 Å². The first-order chi connectivity index (χ1) is 13.7. The molecule has 7 heteroatoms. The van der Waals surface area contributed by atoms with Crippen molar-refractivity contribution in [3.05, 3.63) is 35.4 Å². The number of piperidine rings is 1. The highest BCUT2D eigenvalue weighted by atomic mass is 127. The van der Waals surface area contributed by atoms with Crippen molar-refractivity contribution in [2.24, 2.45) is 10.9 Å². The third kappa shape index (κ3) is 9.33. The van der Waals surface area contributed by atoms with Crippen LogP contribution in [0.25, 0.3) is 0 Å². The lowest BCUT2D eigenvalue weighted by Crippen LogP contribution is -2.39. The average Bonchev–Trinajstić information content (AvgIpc) is 2.73. The van der Waals surface area contributed by atoms with E-state index in [0.29, 0.717) is 11.5 Å². The predicted molar refractivity (Wildman–Crippen MR) is 132 cm³/mol. The lowest BCUT2D eigenvalue weighted by Gasteiger charge is -2.31. The van der Waals surface area contributed by atoms with Gasteiger partial charge in [0.2, 0.25) is 0 Å². The Kier molecular flexibility index (Phi) is 12.9. The van der Waals surface area contributed by atoms with Crippen LogP contribution in [0.3, 0.4) is 0 Å². The third-order valence-corrected chi connectivity index (χ3v) is 5.22. The second-order valence-corrected chi connectivity index (χ2v) is 7.46. The van der Waals surface area contributed by atoms with Gasteiger partial charge in [-0.2, -0.15) is 0 Å². The van der Waals surface area contributed by atoms with Crippen LogP contribution in [0.5, 0.6) is 0 Å². The van der Waals surface area contributed by atoms with Gasteiger partial charge in [-0.25, -0.2) is 0 Å². The van der Waals surface area contributed by atoms with Crippen molar-refractivity contribution >= 4 is 35.8 Å². The molecule has 0 radical (unpaired) electrons. The van der Waals surface area contributed by atoms with Crippen molar-refractivity contribution in [1.29, 1.82) is 0 Å². The predicted octanol–water partition coefficient (Wildman–Crippen LogP) is 2.88. The van der Waals surface area contributed by atoms with E-state index in [4.69, 9.17) is 4.99 Å². The molecule has 0 bridgehead atoms. The molecule has 1 aliphatic heterocycles. The summed E-state index contributed by atoms with van der Waals surface area (Å²) in [7, 11) is 1.66. The van der Waals surface area contributed by atoms with Crippen LogP contribution < -0.4 is 16.0 Å². The number of guanidine groups is 1. The summed E-state index contributed by atoms with van der Waals surface area (Å²) >= 11 is 0. The van der Waals surface area contributed by atoms with Gasteiger partial charge in [0.1, 0.15) is 0 Å².